The highest BCUT2D eigenvalue weighted by Crippen LogP contribution is 2.35. The van der Waals surface area contributed by atoms with E-state index in [1.807, 2.05) is 0 Å². The summed E-state index contributed by atoms with van der Waals surface area (Å²) in [5.74, 6) is -1.32. The van der Waals surface area contributed by atoms with Gasteiger partial charge in [0.25, 0.3) is 20.2 Å². The molecule has 0 fully saturated rings. The Labute approximate surface area is 249 Å². The Bertz CT molecular complexity index is 897. The Morgan fingerprint density at radius 2 is 0.854 bits per heavy atom. The van der Waals surface area contributed by atoms with E-state index in [1.54, 1.807) is 41.5 Å². The van der Waals surface area contributed by atoms with E-state index >= 15 is 0 Å². The lowest BCUT2D eigenvalue weighted by Crippen LogP contribution is -2.67. The van der Waals surface area contributed by atoms with Gasteiger partial charge in [0.2, 0.25) is 0 Å². The molecule has 0 amide bonds. The molecule has 4 N–H and O–H groups in total. The monoisotopic (exact) mass is 706 g/mol. The average Bonchev–Trinajstić information content (AvgIpc) is 2.77. The highest BCUT2D eigenvalue weighted by molar-refractivity contribution is 7.86. The Kier molecular flexibility index (Phi) is 19.1. The first kappa shape index (κ1) is 41.3. The highest BCUT2D eigenvalue weighted by Gasteiger charge is 2.61. The summed E-state index contributed by atoms with van der Waals surface area (Å²) in [5.41, 5.74) is 0. The van der Waals surface area contributed by atoms with Crippen LogP contribution in [0, 0.1) is 0 Å². The van der Waals surface area contributed by atoms with Crippen LogP contribution in [-0.2, 0) is 50.3 Å². The molecule has 0 aliphatic heterocycles. The van der Waals surface area contributed by atoms with Crippen LogP contribution >= 0.6 is 0 Å². The lowest BCUT2D eigenvalue weighted by Gasteiger charge is -2.43. The van der Waals surface area contributed by atoms with E-state index in [-0.39, 0.29) is 63.4 Å². The summed E-state index contributed by atoms with van der Waals surface area (Å²) in [5, 5.41) is 0. The van der Waals surface area contributed by atoms with Gasteiger partial charge in [-0.15, -0.1) is 0 Å². The van der Waals surface area contributed by atoms with Gasteiger partial charge < -0.3 is 39.6 Å². The second-order valence-electron chi connectivity index (χ2n) is 9.11. The Morgan fingerprint density at radius 3 is 1.15 bits per heavy atom. The van der Waals surface area contributed by atoms with E-state index < -0.39 is 67.0 Å². The van der Waals surface area contributed by atoms with Crippen molar-refractivity contribution in [3.8, 4) is 0 Å². The smallest absolute Gasteiger partial charge is 0.390 e. The zero-order chi connectivity index (χ0) is 31.8. The van der Waals surface area contributed by atoms with Gasteiger partial charge in [0.15, 0.2) is 0 Å². The zero-order valence-electron chi connectivity index (χ0n) is 25.0. The van der Waals surface area contributed by atoms with Gasteiger partial charge in [-0.2, -0.15) is 16.8 Å². The summed E-state index contributed by atoms with van der Waals surface area (Å²) >= 11 is 0. The molecule has 15 nitrogen and oxygen atoms in total. The quantitative estimate of drug-likeness (QED) is 0.0750. The number of hydrogen-bond donors (Lipinski definition) is 4. The maximum atomic E-state index is 11.6. The largest absolute Gasteiger partial charge is 0.493 e. The Hall–Kier alpha value is 0.328. The molecule has 0 bridgehead atoms. The summed E-state index contributed by atoms with van der Waals surface area (Å²) in [6, 6.07) is -0.301. The molecule has 0 spiro atoms. The van der Waals surface area contributed by atoms with Gasteiger partial charge in [0.1, 0.15) is 0 Å². The van der Waals surface area contributed by atoms with Crippen LogP contribution in [0.15, 0.2) is 0 Å². The van der Waals surface area contributed by atoms with Crippen molar-refractivity contribution < 1.29 is 65.6 Å². The predicted molar refractivity (Wildman–Crippen MR) is 159 cm³/mol. The van der Waals surface area contributed by atoms with E-state index in [4.69, 9.17) is 30.0 Å². The van der Waals surface area contributed by atoms with Crippen LogP contribution in [0.25, 0.3) is 0 Å². The van der Waals surface area contributed by atoms with Crippen molar-refractivity contribution in [2.75, 3.05) is 37.9 Å². The molecule has 248 valence electrons. The minimum absolute atomic E-state index is 0.0534. The maximum absolute atomic E-state index is 11.6. The first-order valence-electron chi connectivity index (χ1n) is 13.9. The van der Waals surface area contributed by atoms with Crippen LogP contribution in [0.3, 0.4) is 0 Å². The van der Waals surface area contributed by atoms with Crippen LogP contribution < -0.4 is 0 Å². The molecular weight excluding hydrogens is 657 g/mol. The minimum atomic E-state index is -4.52. The summed E-state index contributed by atoms with van der Waals surface area (Å²) < 4.78 is 107. The first-order chi connectivity index (χ1) is 18.9. The van der Waals surface area contributed by atoms with Crippen molar-refractivity contribution in [2.24, 2.45) is 0 Å². The molecule has 0 aromatic heterocycles. The second kappa shape index (κ2) is 19.0. The molecule has 21 heteroatoms. The van der Waals surface area contributed by atoms with Crippen molar-refractivity contribution in [3.63, 3.8) is 0 Å². The standard InChI is InChI=1S/C20H50O15S2Si4/c1-7-17-38(27,29-9-3)33-41(20-14-16-37(24,25)26,34-39(28,18-8-2)30-10-4)35-40(31-11-5,32-12-6)19-13-15-36(21,22)23/h27-28H,7-20H2,1-6H3,(H,21,22,23)(H,24,25,26). The third-order valence-corrected chi connectivity index (χ3v) is 21.6. The molecule has 2 unspecified atom stereocenters. The van der Waals surface area contributed by atoms with Crippen LogP contribution in [0.4, 0.5) is 0 Å². The number of hydrogen-bond acceptors (Lipinski definition) is 13. The van der Waals surface area contributed by atoms with E-state index in [0.717, 1.165) is 0 Å². The minimum Gasteiger partial charge on any atom is -0.390 e. The highest BCUT2D eigenvalue weighted by atomic mass is 32.2. The molecule has 0 radical (unpaired) electrons. The van der Waals surface area contributed by atoms with Gasteiger partial charge in [0.05, 0.1) is 11.5 Å². The SMILES string of the molecule is CCC[Si](O)(OCC)O[Si](CCCS(=O)(=O)O)(O[Si](O)(CCC)OCC)O[Si](CCCS(=O)(=O)O)(OCC)OCC. The molecule has 0 heterocycles. The summed E-state index contributed by atoms with van der Waals surface area (Å²) in [6.07, 6.45) is 0.484. The summed E-state index contributed by atoms with van der Waals surface area (Å²) in [4.78, 5) is 23.0. The molecule has 0 saturated carbocycles. The molecule has 0 aliphatic rings. The van der Waals surface area contributed by atoms with E-state index in [2.05, 4.69) is 0 Å². The van der Waals surface area contributed by atoms with Crippen molar-refractivity contribution in [1.82, 2.24) is 0 Å². The molecule has 2 atom stereocenters. The van der Waals surface area contributed by atoms with Crippen LogP contribution in [0.5, 0.6) is 0 Å². The van der Waals surface area contributed by atoms with Crippen molar-refractivity contribution in [1.29, 1.82) is 0 Å². The zero-order valence-corrected chi connectivity index (χ0v) is 30.6. The fraction of sp³-hybridized carbons (Fsp3) is 1.00. The molecular formula is C20H50O15S2Si4. The Balaban J connectivity index is 7.16. The van der Waals surface area contributed by atoms with Crippen molar-refractivity contribution in [2.45, 2.75) is 91.4 Å². The van der Waals surface area contributed by atoms with Gasteiger partial charge in [0, 0.05) is 50.6 Å². The van der Waals surface area contributed by atoms with E-state index in [9.17, 15) is 35.5 Å². The van der Waals surface area contributed by atoms with Gasteiger partial charge >= 0.3 is 35.2 Å². The normalized spacial score (nSPS) is 17.6. The predicted octanol–water partition coefficient (Wildman–Crippen LogP) is 2.30. The third kappa shape index (κ3) is 17.4. The van der Waals surface area contributed by atoms with Gasteiger partial charge in [-0.3, -0.25) is 9.11 Å². The van der Waals surface area contributed by atoms with Crippen LogP contribution in [0.1, 0.15) is 67.2 Å². The second-order valence-corrected chi connectivity index (χ2v) is 23.4. The van der Waals surface area contributed by atoms with Crippen LogP contribution in [0.2, 0.25) is 24.2 Å². The number of rotatable bonds is 26. The maximum Gasteiger partial charge on any atom is 0.493 e. The molecule has 41 heavy (non-hydrogen) atoms. The van der Waals surface area contributed by atoms with Gasteiger partial charge in [-0.25, -0.2) is 0 Å². The molecule has 0 saturated heterocycles. The van der Waals surface area contributed by atoms with E-state index in [1.165, 1.54) is 0 Å². The van der Waals surface area contributed by atoms with Crippen molar-refractivity contribution >= 4 is 55.5 Å². The van der Waals surface area contributed by atoms with E-state index in [0.29, 0.717) is 12.8 Å². The third-order valence-electron chi connectivity index (χ3n) is 5.31. The van der Waals surface area contributed by atoms with Gasteiger partial charge in [-0.1, -0.05) is 26.7 Å². The average molecular weight is 707 g/mol. The summed E-state index contributed by atoms with van der Waals surface area (Å²) in [6.45, 7) is 10.4. The topological polar surface area (TPSA) is 214 Å². The fourth-order valence-electron chi connectivity index (χ4n) is 4.00. The lowest BCUT2D eigenvalue weighted by molar-refractivity contribution is 0.0510. The van der Waals surface area contributed by atoms with Crippen LogP contribution in [-0.4, -0.2) is 109 Å². The first-order valence-corrected chi connectivity index (χ1v) is 24.9. The molecule has 0 rings (SSSR count). The molecule has 0 aromatic carbocycles. The fourth-order valence-corrected chi connectivity index (χ4v) is 21.3. The molecule has 0 aromatic rings. The van der Waals surface area contributed by atoms with Gasteiger partial charge in [-0.05, 0) is 40.5 Å². The summed E-state index contributed by atoms with van der Waals surface area (Å²) in [7, 11) is -25.5. The van der Waals surface area contributed by atoms with Crippen molar-refractivity contribution in [3.05, 3.63) is 0 Å². The molecule has 0 aliphatic carbocycles. The lowest BCUT2D eigenvalue weighted by atomic mass is 10.6. The Morgan fingerprint density at radius 1 is 0.512 bits per heavy atom.